The van der Waals surface area contributed by atoms with E-state index in [9.17, 15) is 4.79 Å². The van der Waals surface area contributed by atoms with Gasteiger partial charge in [0.1, 0.15) is 36.4 Å². The number of rotatable bonds is 9. The zero-order valence-corrected chi connectivity index (χ0v) is 18.1. The van der Waals surface area contributed by atoms with E-state index in [4.69, 9.17) is 14.7 Å². The number of hydrogen-bond acceptors (Lipinski definition) is 7. The van der Waals surface area contributed by atoms with E-state index in [1.54, 1.807) is 36.4 Å². The smallest absolute Gasteiger partial charge is 0.312 e. The van der Waals surface area contributed by atoms with Crippen molar-refractivity contribution >= 4 is 17.3 Å². The summed E-state index contributed by atoms with van der Waals surface area (Å²) in [7, 11) is 0. The topological polar surface area (TPSA) is 96.9 Å². The summed E-state index contributed by atoms with van der Waals surface area (Å²) >= 11 is 0. The number of nitrogens with zero attached hydrogens (tertiary/aromatic N) is 4. The minimum absolute atomic E-state index is 0.188. The molecule has 0 aliphatic carbocycles. The quantitative estimate of drug-likeness (QED) is 0.305. The van der Waals surface area contributed by atoms with E-state index in [-0.39, 0.29) is 31.0 Å². The third-order valence-corrected chi connectivity index (χ3v) is 5.40. The molecule has 1 aromatic carbocycles. The van der Waals surface area contributed by atoms with Crippen molar-refractivity contribution in [2.24, 2.45) is 27.5 Å². The molecule has 0 atom stereocenters. The molecule has 2 aromatic rings. The summed E-state index contributed by atoms with van der Waals surface area (Å²) in [5, 5.41) is 17.0. The zero-order valence-electron chi connectivity index (χ0n) is 18.1. The van der Waals surface area contributed by atoms with Crippen LogP contribution in [0.5, 0.6) is 5.75 Å². The first-order valence-corrected chi connectivity index (χ1v) is 9.95. The Bertz CT molecular complexity index is 890. The van der Waals surface area contributed by atoms with Crippen LogP contribution in [0.3, 0.4) is 0 Å². The molecule has 0 fully saturated rings. The van der Waals surface area contributed by atoms with Crippen molar-refractivity contribution in [3.8, 4) is 11.8 Å². The van der Waals surface area contributed by atoms with Crippen molar-refractivity contribution < 1.29 is 14.3 Å². The maximum atomic E-state index is 12.5. The van der Waals surface area contributed by atoms with Crippen LogP contribution < -0.4 is 4.74 Å². The molecule has 158 valence electrons. The summed E-state index contributed by atoms with van der Waals surface area (Å²) in [4.78, 5) is 16.4. The molecule has 30 heavy (non-hydrogen) atoms. The van der Waals surface area contributed by atoms with Crippen LogP contribution in [0.4, 0.5) is 11.4 Å². The molecule has 0 radical (unpaired) electrons. The number of pyridine rings is 1. The fourth-order valence-corrected chi connectivity index (χ4v) is 2.82. The van der Waals surface area contributed by atoms with Crippen LogP contribution in [0, 0.1) is 28.6 Å². The molecule has 2 rings (SSSR count). The SMILES string of the molecule is CC(C)C(C)(C(=O)OCCOc1ccc(N=Nc2ccc(C#N)nc2)cc1)C(C)C. The summed E-state index contributed by atoms with van der Waals surface area (Å²) in [6.07, 6.45) is 1.49. The fourth-order valence-electron chi connectivity index (χ4n) is 2.82. The summed E-state index contributed by atoms with van der Waals surface area (Å²) in [6.45, 7) is 10.6. The van der Waals surface area contributed by atoms with Crippen molar-refractivity contribution in [3.63, 3.8) is 0 Å². The second-order valence-corrected chi connectivity index (χ2v) is 7.78. The van der Waals surface area contributed by atoms with E-state index in [1.807, 2.05) is 40.7 Å². The first-order valence-electron chi connectivity index (χ1n) is 9.95. The third kappa shape index (κ3) is 5.86. The fraction of sp³-hybridized carbons (Fsp3) is 0.435. The molecule has 0 aliphatic heterocycles. The van der Waals surface area contributed by atoms with Gasteiger partial charge >= 0.3 is 5.97 Å². The molecular weight excluding hydrogens is 380 g/mol. The molecule has 0 amide bonds. The number of carbonyl (C=O) groups excluding carboxylic acids is 1. The normalized spacial score (nSPS) is 11.7. The monoisotopic (exact) mass is 408 g/mol. The first-order chi connectivity index (χ1) is 14.3. The lowest BCUT2D eigenvalue weighted by atomic mass is 9.70. The number of nitriles is 1. The van der Waals surface area contributed by atoms with E-state index < -0.39 is 5.41 Å². The van der Waals surface area contributed by atoms with Crippen molar-refractivity contribution in [1.29, 1.82) is 5.26 Å². The van der Waals surface area contributed by atoms with Gasteiger partial charge in [-0.3, -0.25) is 4.79 Å². The predicted molar refractivity (Wildman–Crippen MR) is 114 cm³/mol. The highest BCUT2D eigenvalue weighted by molar-refractivity contribution is 5.77. The maximum Gasteiger partial charge on any atom is 0.312 e. The molecule has 0 saturated carbocycles. The predicted octanol–water partition coefficient (Wildman–Crippen LogP) is 5.61. The second-order valence-electron chi connectivity index (χ2n) is 7.78. The van der Waals surface area contributed by atoms with Crippen molar-refractivity contribution in [3.05, 3.63) is 48.3 Å². The van der Waals surface area contributed by atoms with E-state index in [0.717, 1.165) is 0 Å². The van der Waals surface area contributed by atoms with Gasteiger partial charge in [0.05, 0.1) is 17.3 Å². The van der Waals surface area contributed by atoms with Gasteiger partial charge in [0, 0.05) is 0 Å². The lowest BCUT2D eigenvalue weighted by Crippen LogP contribution is -2.40. The minimum Gasteiger partial charge on any atom is -0.490 e. The summed E-state index contributed by atoms with van der Waals surface area (Å²) < 4.78 is 11.1. The molecule has 7 nitrogen and oxygen atoms in total. The molecule has 0 unspecified atom stereocenters. The standard InChI is InChI=1S/C23H28N4O3/c1-16(2)23(5,17(3)4)22(28)30-13-12-29-21-10-8-18(9-11-21)26-27-20-7-6-19(14-24)25-15-20/h6-11,15-17H,12-13H2,1-5H3. The number of esters is 1. The number of hydrogen-bond donors (Lipinski definition) is 0. The Hall–Kier alpha value is -3.27. The van der Waals surface area contributed by atoms with Gasteiger partial charge in [0.15, 0.2) is 0 Å². The van der Waals surface area contributed by atoms with Gasteiger partial charge in [-0.25, -0.2) is 4.98 Å². The van der Waals surface area contributed by atoms with Crippen LogP contribution in [0.25, 0.3) is 0 Å². The Morgan fingerprint density at radius 2 is 1.63 bits per heavy atom. The van der Waals surface area contributed by atoms with Gasteiger partial charge in [0.2, 0.25) is 0 Å². The van der Waals surface area contributed by atoms with Crippen LogP contribution in [0.2, 0.25) is 0 Å². The average Bonchev–Trinajstić information content (AvgIpc) is 2.75. The summed E-state index contributed by atoms with van der Waals surface area (Å²) in [5.74, 6) is 0.838. The Morgan fingerprint density at radius 1 is 1.03 bits per heavy atom. The molecule has 0 bridgehead atoms. The van der Waals surface area contributed by atoms with Crippen LogP contribution in [0.1, 0.15) is 40.3 Å². The third-order valence-electron chi connectivity index (χ3n) is 5.40. The van der Waals surface area contributed by atoms with Crippen LogP contribution >= 0.6 is 0 Å². The Labute approximate surface area is 177 Å². The van der Waals surface area contributed by atoms with Crippen molar-refractivity contribution in [1.82, 2.24) is 4.98 Å². The summed E-state index contributed by atoms with van der Waals surface area (Å²) in [5.41, 5.74) is 1.03. The number of aromatic nitrogens is 1. The number of ether oxygens (including phenoxy) is 2. The first kappa shape index (κ1) is 23.0. The second kappa shape index (κ2) is 10.5. The minimum atomic E-state index is -0.517. The highest BCUT2D eigenvalue weighted by Crippen LogP contribution is 2.36. The molecule has 1 aromatic heterocycles. The Morgan fingerprint density at radius 3 is 2.17 bits per heavy atom. The molecule has 1 heterocycles. The molecule has 0 spiro atoms. The van der Waals surface area contributed by atoms with Gasteiger partial charge < -0.3 is 9.47 Å². The van der Waals surface area contributed by atoms with E-state index in [2.05, 4.69) is 15.2 Å². The van der Waals surface area contributed by atoms with Gasteiger partial charge in [-0.15, -0.1) is 5.11 Å². The Kier molecular flexibility index (Phi) is 8.05. The van der Waals surface area contributed by atoms with E-state index in [1.165, 1.54) is 6.20 Å². The van der Waals surface area contributed by atoms with Gasteiger partial charge in [0.25, 0.3) is 0 Å². The Balaban J connectivity index is 1.82. The lowest BCUT2D eigenvalue weighted by Gasteiger charge is -2.35. The zero-order chi connectivity index (χ0) is 22.1. The highest BCUT2D eigenvalue weighted by Gasteiger charge is 2.41. The number of azo groups is 1. The maximum absolute atomic E-state index is 12.5. The van der Waals surface area contributed by atoms with Gasteiger partial charge in [-0.2, -0.15) is 10.4 Å². The number of carbonyl (C=O) groups is 1. The lowest BCUT2D eigenvalue weighted by molar-refractivity contribution is -0.161. The molecule has 0 N–H and O–H groups in total. The van der Waals surface area contributed by atoms with E-state index >= 15 is 0 Å². The molecule has 0 saturated heterocycles. The number of benzene rings is 1. The highest BCUT2D eigenvalue weighted by atomic mass is 16.6. The average molecular weight is 409 g/mol. The molecular formula is C23H28N4O3. The largest absolute Gasteiger partial charge is 0.490 e. The van der Waals surface area contributed by atoms with Gasteiger partial charge in [-0.05, 0) is 55.2 Å². The van der Waals surface area contributed by atoms with Crippen molar-refractivity contribution in [2.45, 2.75) is 34.6 Å². The van der Waals surface area contributed by atoms with Crippen LogP contribution in [-0.4, -0.2) is 24.2 Å². The summed E-state index contributed by atoms with van der Waals surface area (Å²) in [6, 6.07) is 12.3. The van der Waals surface area contributed by atoms with E-state index in [0.29, 0.717) is 22.8 Å². The molecule has 7 heteroatoms. The van der Waals surface area contributed by atoms with Crippen LogP contribution in [-0.2, 0) is 9.53 Å². The van der Waals surface area contributed by atoms with Crippen LogP contribution in [0.15, 0.2) is 52.8 Å². The molecule has 0 aliphatic rings. The van der Waals surface area contributed by atoms with Gasteiger partial charge in [-0.1, -0.05) is 27.7 Å². The van der Waals surface area contributed by atoms with Crippen molar-refractivity contribution in [2.75, 3.05) is 13.2 Å².